The highest BCUT2D eigenvalue weighted by atomic mass is 28.3. The molecule has 0 bridgehead atoms. The lowest BCUT2D eigenvalue weighted by Crippen LogP contribution is -2.72. The standard InChI is InChI=1S/C52H35BN2Si/c1-4-19-38(20-5-1)54-47-28-16-29-48-52(47)53(45-33-36-17-10-11-18-37(36)34-49(45)54)44-26-13-14-27-46(44)55(48)39-31-32-43-42-25-12-15-30-50(42)56(51(43)35-39,40-21-6-2-7-22-40)41-23-8-3-9-24-41/h1-35H. The lowest BCUT2D eigenvalue weighted by atomic mass is 9.33. The first-order valence-corrected chi connectivity index (χ1v) is 21.6. The van der Waals surface area contributed by atoms with Gasteiger partial charge in [0.1, 0.15) is 0 Å². The van der Waals surface area contributed by atoms with Crippen molar-refractivity contribution in [3.8, 4) is 11.1 Å². The molecule has 0 saturated heterocycles. The van der Waals surface area contributed by atoms with Crippen molar-refractivity contribution >= 4 is 96.8 Å². The molecule has 0 fully saturated rings. The summed E-state index contributed by atoms with van der Waals surface area (Å²) in [6, 6.07) is 79.7. The second-order valence-electron chi connectivity index (χ2n) is 15.2. The maximum Gasteiger partial charge on any atom is 0.252 e. The topological polar surface area (TPSA) is 6.48 Å². The van der Waals surface area contributed by atoms with Crippen LogP contribution >= 0.6 is 0 Å². The molecule has 2 nitrogen and oxygen atoms in total. The number of nitrogens with zero attached hydrogens (tertiary/aromatic N) is 2. The van der Waals surface area contributed by atoms with Crippen LogP contribution < -0.4 is 46.9 Å². The maximum atomic E-state index is 2.55. The molecule has 4 heteroatoms. The smallest absolute Gasteiger partial charge is 0.252 e. The monoisotopic (exact) mass is 726 g/mol. The summed E-state index contributed by atoms with van der Waals surface area (Å²) in [6.07, 6.45) is 0. The molecule has 0 aromatic heterocycles. The minimum absolute atomic E-state index is 0.0778. The predicted molar refractivity (Wildman–Crippen MR) is 241 cm³/mol. The zero-order valence-corrected chi connectivity index (χ0v) is 31.7. The molecule has 0 radical (unpaired) electrons. The van der Waals surface area contributed by atoms with Crippen LogP contribution in [-0.4, -0.2) is 14.8 Å². The Bertz CT molecular complexity index is 2960. The van der Waals surface area contributed by atoms with Gasteiger partial charge in [0.15, 0.2) is 8.07 Å². The minimum Gasteiger partial charge on any atom is -0.311 e. The van der Waals surface area contributed by atoms with E-state index in [4.69, 9.17) is 0 Å². The van der Waals surface area contributed by atoms with Gasteiger partial charge in [0.05, 0.1) is 0 Å². The van der Waals surface area contributed by atoms with Crippen LogP contribution in [0.3, 0.4) is 0 Å². The van der Waals surface area contributed by atoms with Gasteiger partial charge in [-0.3, -0.25) is 0 Å². The van der Waals surface area contributed by atoms with Crippen LogP contribution in [0.4, 0.5) is 34.1 Å². The van der Waals surface area contributed by atoms with Crippen molar-refractivity contribution in [2.45, 2.75) is 0 Å². The van der Waals surface area contributed by atoms with E-state index in [1.165, 1.54) is 87.5 Å². The van der Waals surface area contributed by atoms with Gasteiger partial charge in [0.25, 0.3) is 6.71 Å². The van der Waals surface area contributed by atoms with Gasteiger partial charge in [-0.05, 0) is 108 Å². The van der Waals surface area contributed by atoms with E-state index in [-0.39, 0.29) is 6.71 Å². The molecule has 0 unspecified atom stereocenters. The van der Waals surface area contributed by atoms with E-state index in [1.54, 1.807) is 0 Å². The Morgan fingerprint density at radius 2 is 0.893 bits per heavy atom. The number of benzene rings is 9. The van der Waals surface area contributed by atoms with Crippen molar-refractivity contribution in [1.82, 2.24) is 0 Å². The highest BCUT2D eigenvalue weighted by molar-refractivity contribution is 7.22. The molecule has 12 rings (SSSR count). The first-order chi connectivity index (χ1) is 27.8. The number of rotatable bonds is 4. The fourth-order valence-corrected chi connectivity index (χ4v) is 15.5. The molecule has 3 heterocycles. The first-order valence-electron chi connectivity index (χ1n) is 19.6. The van der Waals surface area contributed by atoms with Crippen molar-refractivity contribution in [3.63, 3.8) is 0 Å². The van der Waals surface area contributed by atoms with Crippen molar-refractivity contribution in [1.29, 1.82) is 0 Å². The van der Waals surface area contributed by atoms with E-state index in [0.717, 1.165) is 5.69 Å². The molecule has 0 aliphatic carbocycles. The largest absolute Gasteiger partial charge is 0.311 e. The molecule has 9 aromatic carbocycles. The second-order valence-corrected chi connectivity index (χ2v) is 19.0. The van der Waals surface area contributed by atoms with Gasteiger partial charge < -0.3 is 9.80 Å². The van der Waals surface area contributed by atoms with Gasteiger partial charge in [0, 0.05) is 34.1 Å². The molecule has 0 amide bonds. The van der Waals surface area contributed by atoms with Crippen LogP contribution in [0.5, 0.6) is 0 Å². The molecule has 3 aliphatic rings. The summed E-state index contributed by atoms with van der Waals surface area (Å²) >= 11 is 0. The summed E-state index contributed by atoms with van der Waals surface area (Å²) in [5.41, 5.74) is 14.0. The normalized spacial score (nSPS) is 14.1. The molecule has 260 valence electrons. The number of fused-ring (bicyclic) bond motifs is 8. The fourth-order valence-electron chi connectivity index (χ4n) is 10.3. The van der Waals surface area contributed by atoms with Gasteiger partial charge in [-0.2, -0.15) is 0 Å². The van der Waals surface area contributed by atoms with Crippen LogP contribution in [0.25, 0.3) is 21.9 Å². The third-order valence-electron chi connectivity index (χ3n) is 12.5. The predicted octanol–water partition coefficient (Wildman–Crippen LogP) is 8.28. The average molecular weight is 727 g/mol. The fraction of sp³-hybridized carbons (Fsp3) is 0. The van der Waals surface area contributed by atoms with Crippen LogP contribution in [0.15, 0.2) is 212 Å². The molecular weight excluding hydrogens is 691 g/mol. The van der Waals surface area contributed by atoms with Crippen molar-refractivity contribution in [3.05, 3.63) is 212 Å². The molecular formula is C52H35BN2Si. The van der Waals surface area contributed by atoms with Gasteiger partial charge in [0.2, 0.25) is 0 Å². The highest BCUT2D eigenvalue weighted by Crippen LogP contribution is 2.45. The zero-order chi connectivity index (χ0) is 36.8. The summed E-state index contributed by atoms with van der Waals surface area (Å²) < 4.78 is 0. The van der Waals surface area contributed by atoms with E-state index in [1.807, 2.05) is 0 Å². The first kappa shape index (κ1) is 31.5. The molecule has 0 atom stereocenters. The van der Waals surface area contributed by atoms with Crippen LogP contribution in [0.1, 0.15) is 0 Å². The zero-order valence-electron chi connectivity index (χ0n) is 30.7. The number of anilines is 6. The third kappa shape index (κ3) is 4.28. The van der Waals surface area contributed by atoms with Crippen molar-refractivity contribution in [2.75, 3.05) is 9.80 Å². The molecule has 9 aromatic rings. The highest BCUT2D eigenvalue weighted by Gasteiger charge is 2.49. The van der Waals surface area contributed by atoms with Gasteiger partial charge in [-0.15, -0.1) is 0 Å². The number of para-hydroxylation sites is 2. The number of hydrogen-bond acceptors (Lipinski definition) is 2. The Labute approximate surface area is 328 Å². The maximum absolute atomic E-state index is 2.69. The van der Waals surface area contributed by atoms with Gasteiger partial charge in [-0.1, -0.05) is 164 Å². The molecule has 0 spiro atoms. The summed E-state index contributed by atoms with van der Waals surface area (Å²) in [4.78, 5) is 5.05. The Kier molecular flexibility index (Phi) is 6.78. The van der Waals surface area contributed by atoms with Crippen LogP contribution in [0, 0.1) is 0 Å². The average Bonchev–Trinajstić information content (AvgIpc) is 3.57. The van der Waals surface area contributed by atoms with E-state index < -0.39 is 8.07 Å². The van der Waals surface area contributed by atoms with E-state index in [2.05, 4.69) is 222 Å². The van der Waals surface area contributed by atoms with Crippen LogP contribution in [0.2, 0.25) is 0 Å². The minimum atomic E-state index is -2.69. The third-order valence-corrected chi connectivity index (χ3v) is 17.3. The summed E-state index contributed by atoms with van der Waals surface area (Å²) in [6.45, 7) is 0.0778. The van der Waals surface area contributed by atoms with Crippen molar-refractivity contribution < 1.29 is 0 Å². The Morgan fingerprint density at radius 3 is 1.62 bits per heavy atom. The SMILES string of the molecule is c1ccc(N2c3cc4ccccc4cc3B3c4ccccc4N(c4ccc5c(c4)[Si](c4ccccc4)(c4ccccc4)c4ccccc4-5)c4cccc2c43)cc1. The van der Waals surface area contributed by atoms with E-state index in [9.17, 15) is 0 Å². The Hall–Kier alpha value is -6.88. The van der Waals surface area contributed by atoms with Crippen molar-refractivity contribution in [2.24, 2.45) is 0 Å². The summed E-state index contributed by atoms with van der Waals surface area (Å²) in [5.74, 6) is 0. The second kappa shape index (κ2) is 12.1. The number of hydrogen-bond donors (Lipinski definition) is 0. The van der Waals surface area contributed by atoms with Crippen LogP contribution in [-0.2, 0) is 0 Å². The van der Waals surface area contributed by atoms with E-state index in [0.29, 0.717) is 0 Å². The lowest BCUT2D eigenvalue weighted by molar-refractivity contribution is 1.26. The lowest BCUT2D eigenvalue weighted by Gasteiger charge is -2.44. The summed E-state index contributed by atoms with van der Waals surface area (Å²) in [5, 5.41) is 8.24. The van der Waals surface area contributed by atoms with Gasteiger partial charge in [-0.25, -0.2) is 0 Å². The summed E-state index contributed by atoms with van der Waals surface area (Å²) in [7, 11) is -2.69. The molecule has 3 aliphatic heterocycles. The quantitative estimate of drug-likeness (QED) is 0.169. The van der Waals surface area contributed by atoms with E-state index >= 15 is 0 Å². The Morgan fingerprint density at radius 1 is 0.339 bits per heavy atom. The Balaban J connectivity index is 1.14. The molecule has 0 saturated carbocycles. The molecule has 56 heavy (non-hydrogen) atoms. The van der Waals surface area contributed by atoms with Gasteiger partial charge >= 0.3 is 0 Å². The molecule has 0 N–H and O–H groups in total.